The Morgan fingerprint density at radius 3 is 1.71 bits per heavy atom. The zero-order chi connectivity index (χ0) is 24.9. The Labute approximate surface area is 202 Å². The summed E-state index contributed by atoms with van der Waals surface area (Å²) in [7, 11) is 0. The Morgan fingerprint density at radius 2 is 1.26 bits per heavy atom. The van der Waals surface area contributed by atoms with Crippen LogP contribution in [0.3, 0.4) is 0 Å². The lowest BCUT2D eigenvalue weighted by Gasteiger charge is -2.22. The second-order valence-corrected chi connectivity index (χ2v) is 5.89. The molecule has 0 saturated carbocycles. The maximum atomic E-state index is 12.0. The maximum Gasteiger partial charge on any atom is 0.330 e. The third-order valence-corrected chi connectivity index (χ3v) is 3.77. The number of hydrogen-bond donors (Lipinski definition) is 2. The van der Waals surface area contributed by atoms with E-state index in [0.29, 0.717) is 5.69 Å². The summed E-state index contributed by atoms with van der Waals surface area (Å²) in [4.78, 5) is 14.2. The molecular formula is C30H19N3O. The van der Waals surface area contributed by atoms with Crippen LogP contribution in [0.25, 0.3) is 0 Å². The number of rotatable bonds is 4. The number of terminal acetylenes is 1. The van der Waals surface area contributed by atoms with Gasteiger partial charge in [-0.25, -0.2) is 4.79 Å². The second kappa shape index (κ2) is 17.1. The van der Waals surface area contributed by atoms with E-state index in [1.807, 2.05) is 25.1 Å². The van der Waals surface area contributed by atoms with E-state index in [-0.39, 0.29) is 0 Å². The van der Waals surface area contributed by atoms with E-state index < -0.39 is 6.03 Å². The fourth-order valence-electron chi connectivity index (χ4n) is 2.29. The zero-order valence-electron chi connectivity index (χ0n) is 19.1. The van der Waals surface area contributed by atoms with Gasteiger partial charge in [-0.2, -0.15) is 0 Å². The summed E-state index contributed by atoms with van der Waals surface area (Å²) in [5.41, 5.74) is 2.78. The van der Waals surface area contributed by atoms with Crippen molar-refractivity contribution in [3.05, 3.63) is 23.8 Å². The van der Waals surface area contributed by atoms with Crippen molar-refractivity contribution in [2.75, 3.05) is 23.3 Å². The molecule has 160 valence electrons. The summed E-state index contributed by atoms with van der Waals surface area (Å²) in [6, 6.07) is 7.89. The fourth-order valence-corrected chi connectivity index (χ4v) is 2.29. The smallest absolute Gasteiger partial charge is 0.330 e. The van der Waals surface area contributed by atoms with Gasteiger partial charge in [-0.1, -0.05) is 0 Å². The average molecular weight is 438 g/mol. The molecule has 1 aromatic carbocycles. The number of carbonyl (C=O) groups is 1. The molecule has 0 heterocycles. The number of aryl methyl sites for hydroxylation is 1. The largest absolute Gasteiger partial charge is 0.372 e. The summed E-state index contributed by atoms with van der Waals surface area (Å²) >= 11 is 0. The Bertz CT molecular complexity index is 1460. The van der Waals surface area contributed by atoms with E-state index in [1.54, 1.807) is 0 Å². The monoisotopic (exact) mass is 437 g/mol. The van der Waals surface area contributed by atoms with Crippen molar-refractivity contribution in [3.8, 4) is 107 Å². The summed E-state index contributed by atoms with van der Waals surface area (Å²) in [5.74, 6) is 39.2. The molecule has 0 unspecified atom stereocenters. The number of amides is 2. The molecule has 0 radical (unpaired) electrons. The molecule has 0 spiro atoms. The molecule has 0 saturated heterocycles. The highest BCUT2D eigenvalue weighted by atomic mass is 16.2. The minimum absolute atomic E-state index is 0.446. The number of nitrogens with zero attached hydrogens (tertiary/aromatic N) is 1. The van der Waals surface area contributed by atoms with Crippen molar-refractivity contribution in [2.45, 2.75) is 20.8 Å². The van der Waals surface area contributed by atoms with Crippen molar-refractivity contribution in [3.63, 3.8) is 0 Å². The number of urea groups is 1. The summed E-state index contributed by atoms with van der Waals surface area (Å²) in [6.07, 6.45) is 4.94. The lowest BCUT2D eigenvalue weighted by molar-refractivity contribution is 0.255. The Balaban J connectivity index is 2.51. The van der Waals surface area contributed by atoms with Gasteiger partial charge in [0, 0.05) is 77.9 Å². The van der Waals surface area contributed by atoms with Crippen LogP contribution in [0.2, 0.25) is 0 Å². The van der Waals surface area contributed by atoms with Crippen LogP contribution in [0.15, 0.2) is 18.2 Å². The van der Waals surface area contributed by atoms with E-state index in [9.17, 15) is 4.79 Å². The minimum Gasteiger partial charge on any atom is -0.372 e. The van der Waals surface area contributed by atoms with E-state index >= 15 is 0 Å². The van der Waals surface area contributed by atoms with Gasteiger partial charge in [-0.15, -0.1) is 6.42 Å². The fraction of sp³-hybridized carbons (Fsp3) is 0.167. The minimum atomic E-state index is -0.446. The van der Waals surface area contributed by atoms with Crippen LogP contribution < -0.4 is 15.5 Å². The van der Waals surface area contributed by atoms with E-state index in [1.165, 1.54) is 0 Å². The first-order valence-corrected chi connectivity index (χ1v) is 10.0. The highest BCUT2D eigenvalue weighted by Gasteiger charge is 2.06. The molecule has 1 aromatic rings. The lowest BCUT2D eigenvalue weighted by Crippen LogP contribution is -2.25. The maximum absolute atomic E-state index is 12.0. The quantitative estimate of drug-likeness (QED) is 0.562. The van der Waals surface area contributed by atoms with Crippen LogP contribution in [0.5, 0.6) is 0 Å². The third-order valence-electron chi connectivity index (χ3n) is 3.77. The first-order valence-electron chi connectivity index (χ1n) is 10.0. The molecule has 0 aliphatic carbocycles. The van der Waals surface area contributed by atoms with Crippen molar-refractivity contribution < 1.29 is 4.79 Å². The van der Waals surface area contributed by atoms with E-state index in [2.05, 4.69) is 130 Å². The zero-order valence-corrected chi connectivity index (χ0v) is 19.1. The first-order chi connectivity index (χ1) is 16.6. The first kappa shape index (κ1) is 26.4. The van der Waals surface area contributed by atoms with Gasteiger partial charge < -0.3 is 10.2 Å². The predicted molar refractivity (Wildman–Crippen MR) is 138 cm³/mol. The van der Waals surface area contributed by atoms with Crippen LogP contribution >= 0.6 is 0 Å². The molecule has 4 nitrogen and oxygen atoms in total. The molecule has 0 aromatic heterocycles. The molecule has 34 heavy (non-hydrogen) atoms. The molecule has 1 rings (SSSR count). The van der Waals surface area contributed by atoms with Crippen LogP contribution in [0.1, 0.15) is 19.4 Å². The Kier molecular flexibility index (Phi) is 13.2. The number of anilines is 2. The average Bonchev–Trinajstić information content (AvgIpc) is 2.83. The number of nitrogens with one attached hydrogen (secondary N) is 2. The van der Waals surface area contributed by atoms with Crippen molar-refractivity contribution in [2.24, 2.45) is 0 Å². The van der Waals surface area contributed by atoms with Gasteiger partial charge in [-0.05, 0) is 91.9 Å². The van der Waals surface area contributed by atoms with Gasteiger partial charge in [0.2, 0.25) is 0 Å². The normalized spacial score (nSPS) is 6.88. The van der Waals surface area contributed by atoms with Crippen molar-refractivity contribution >= 4 is 17.4 Å². The Hall–Kier alpha value is -5.67. The van der Waals surface area contributed by atoms with Crippen LogP contribution in [-0.2, 0) is 0 Å². The molecule has 0 fully saturated rings. The van der Waals surface area contributed by atoms with Gasteiger partial charge in [0.05, 0.1) is 0 Å². The predicted octanol–water partition coefficient (Wildman–Crippen LogP) is 2.58. The molecule has 2 amide bonds. The topological polar surface area (TPSA) is 44.4 Å². The number of carbonyl (C=O) groups excluding carboxylic acids is 1. The van der Waals surface area contributed by atoms with Crippen LogP contribution in [0.4, 0.5) is 16.2 Å². The number of hydrogen-bond acceptors (Lipinski definition) is 2. The van der Waals surface area contributed by atoms with Gasteiger partial charge in [0.1, 0.15) is 0 Å². The molecular weight excluding hydrogens is 418 g/mol. The third kappa shape index (κ3) is 11.5. The van der Waals surface area contributed by atoms with Gasteiger partial charge in [-0.3, -0.25) is 5.32 Å². The Morgan fingerprint density at radius 1 is 0.794 bits per heavy atom. The lowest BCUT2D eigenvalue weighted by atomic mass is 10.1. The summed E-state index contributed by atoms with van der Waals surface area (Å²) in [6.45, 7) is 7.98. The second-order valence-electron chi connectivity index (χ2n) is 5.89. The molecule has 0 atom stereocenters. The highest BCUT2D eigenvalue weighted by molar-refractivity contribution is 5.91. The van der Waals surface area contributed by atoms with Gasteiger partial charge in [0.15, 0.2) is 0 Å². The molecule has 4 heteroatoms. The van der Waals surface area contributed by atoms with Crippen molar-refractivity contribution in [1.82, 2.24) is 5.32 Å². The molecule has 0 bridgehead atoms. The molecule has 0 aliphatic heterocycles. The van der Waals surface area contributed by atoms with E-state index in [0.717, 1.165) is 24.3 Å². The number of benzene rings is 1. The van der Waals surface area contributed by atoms with Gasteiger partial charge >= 0.3 is 6.03 Å². The SMILES string of the molecule is C#CC#CC#CC#CC#CC#CC#CC#CC#CNC(=O)Nc1ccc(N(CC)CC)cc1C. The molecule has 0 aliphatic rings. The van der Waals surface area contributed by atoms with Crippen LogP contribution in [0, 0.1) is 114 Å². The van der Waals surface area contributed by atoms with Crippen LogP contribution in [-0.4, -0.2) is 19.1 Å². The van der Waals surface area contributed by atoms with E-state index in [4.69, 9.17) is 6.42 Å². The molecule has 2 N–H and O–H groups in total. The highest BCUT2D eigenvalue weighted by Crippen LogP contribution is 2.22. The van der Waals surface area contributed by atoms with Crippen molar-refractivity contribution in [1.29, 1.82) is 0 Å². The summed E-state index contributed by atoms with van der Waals surface area (Å²) < 4.78 is 0. The summed E-state index contributed by atoms with van der Waals surface area (Å²) in [5, 5.41) is 5.17. The standard InChI is InChI=1S/C30H19N3O/c1-5-8-9-10-11-12-13-14-15-16-17-18-19-20-21-22-25-31-30(34)32-29-24-23-28(26-27(29)4)33(6-2)7-3/h1,23-24,26H,6-7H2,2-4H3,(H2,31,32,34). The van der Waals surface area contributed by atoms with Gasteiger partial charge in [0.25, 0.3) is 0 Å².